The van der Waals surface area contributed by atoms with Gasteiger partial charge in [0.1, 0.15) is 12.0 Å². The summed E-state index contributed by atoms with van der Waals surface area (Å²) >= 11 is 3.74. The van der Waals surface area contributed by atoms with Crippen molar-refractivity contribution in [1.82, 2.24) is 0 Å². The SMILES string of the molecule is O=Cc1ccc(OCCCCCCC2(c3ccccc3)c3ccccc3-c3ccc(Br)cc32)cc1. The largest absolute Gasteiger partial charge is 0.494 e. The Balaban J connectivity index is 1.30. The van der Waals surface area contributed by atoms with E-state index in [9.17, 15) is 4.79 Å². The zero-order valence-electron chi connectivity index (χ0n) is 19.8. The van der Waals surface area contributed by atoms with Crippen LogP contribution in [-0.2, 0) is 5.41 Å². The average Bonchev–Trinajstić information content (AvgIpc) is 3.19. The Labute approximate surface area is 216 Å². The summed E-state index contributed by atoms with van der Waals surface area (Å²) < 4.78 is 6.99. The molecule has 0 N–H and O–H groups in total. The lowest BCUT2D eigenvalue weighted by atomic mass is 9.69. The first-order valence-corrected chi connectivity index (χ1v) is 13.2. The van der Waals surface area contributed by atoms with E-state index in [0.717, 1.165) is 48.6 Å². The molecule has 1 atom stereocenters. The van der Waals surface area contributed by atoms with Crippen LogP contribution in [0.25, 0.3) is 11.1 Å². The smallest absolute Gasteiger partial charge is 0.150 e. The topological polar surface area (TPSA) is 26.3 Å². The first-order valence-electron chi connectivity index (χ1n) is 12.4. The minimum atomic E-state index is -0.131. The van der Waals surface area contributed by atoms with Crippen molar-refractivity contribution in [2.24, 2.45) is 0 Å². The maximum Gasteiger partial charge on any atom is 0.150 e. The zero-order valence-corrected chi connectivity index (χ0v) is 21.3. The van der Waals surface area contributed by atoms with Crippen molar-refractivity contribution in [3.05, 3.63) is 124 Å². The van der Waals surface area contributed by atoms with Gasteiger partial charge in [0.2, 0.25) is 0 Å². The minimum Gasteiger partial charge on any atom is -0.494 e. The molecule has 0 amide bonds. The van der Waals surface area contributed by atoms with Gasteiger partial charge in [-0.25, -0.2) is 0 Å². The molecule has 1 aliphatic carbocycles. The monoisotopic (exact) mass is 524 g/mol. The van der Waals surface area contributed by atoms with Crippen molar-refractivity contribution in [3.63, 3.8) is 0 Å². The quantitative estimate of drug-likeness (QED) is 0.153. The van der Waals surface area contributed by atoms with Crippen molar-refractivity contribution in [1.29, 1.82) is 0 Å². The lowest BCUT2D eigenvalue weighted by Crippen LogP contribution is -2.27. The van der Waals surface area contributed by atoms with E-state index >= 15 is 0 Å². The Hall–Kier alpha value is -3.17. The summed E-state index contributed by atoms with van der Waals surface area (Å²) in [6.07, 6.45) is 6.38. The van der Waals surface area contributed by atoms with Gasteiger partial charge in [-0.2, -0.15) is 0 Å². The number of unbranched alkanes of at least 4 members (excludes halogenated alkanes) is 3. The summed E-state index contributed by atoms with van der Waals surface area (Å²) in [4.78, 5) is 10.8. The zero-order chi connectivity index (χ0) is 24.1. The molecule has 0 bridgehead atoms. The first kappa shape index (κ1) is 23.6. The lowest BCUT2D eigenvalue weighted by Gasteiger charge is -2.33. The fourth-order valence-electron chi connectivity index (χ4n) is 5.47. The third-order valence-electron chi connectivity index (χ3n) is 7.12. The highest BCUT2D eigenvalue weighted by molar-refractivity contribution is 9.10. The highest BCUT2D eigenvalue weighted by atomic mass is 79.9. The van der Waals surface area contributed by atoms with Gasteiger partial charge >= 0.3 is 0 Å². The van der Waals surface area contributed by atoms with Crippen molar-refractivity contribution < 1.29 is 9.53 Å². The number of hydrogen-bond donors (Lipinski definition) is 0. The Morgan fingerprint density at radius 1 is 0.714 bits per heavy atom. The molecule has 4 aromatic carbocycles. The van der Waals surface area contributed by atoms with Crippen molar-refractivity contribution in [3.8, 4) is 16.9 Å². The van der Waals surface area contributed by atoms with Crippen LogP contribution in [0.3, 0.4) is 0 Å². The third kappa shape index (κ3) is 4.70. The normalized spacial score (nSPS) is 15.9. The van der Waals surface area contributed by atoms with Crippen molar-refractivity contribution in [2.45, 2.75) is 37.5 Å². The summed E-state index contributed by atoms with van der Waals surface area (Å²) in [6.45, 7) is 0.697. The Bertz CT molecular complexity index is 1300. The van der Waals surface area contributed by atoms with Crippen molar-refractivity contribution in [2.75, 3.05) is 6.61 Å². The Morgan fingerprint density at radius 3 is 2.23 bits per heavy atom. The molecule has 5 rings (SSSR count). The number of halogens is 1. The number of ether oxygens (including phenoxy) is 1. The number of fused-ring (bicyclic) bond motifs is 3. The Morgan fingerprint density at radius 2 is 1.43 bits per heavy atom. The molecule has 0 aromatic heterocycles. The van der Waals surface area contributed by atoms with Crippen LogP contribution in [0.2, 0.25) is 0 Å². The molecule has 0 saturated heterocycles. The first-order chi connectivity index (χ1) is 17.2. The van der Waals surface area contributed by atoms with Gasteiger partial charge in [-0.15, -0.1) is 0 Å². The summed E-state index contributed by atoms with van der Waals surface area (Å²) in [6, 6.07) is 34.0. The molecule has 0 radical (unpaired) electrons. The molecule has 0 aliphatic heterocycles. The summed E-state index contributed by atoms with van der Waals surface area (Å²) in [7, 11) is 0. The van der Waals surface area contributed by atoms with Gasteiger partial charge in [-0.05, 0) is 77.1 Å². The number of carbonyl (C=O) groups excluding carboxylic acids is 1. The molecule has 2 nitrogen and oxygen atoms in total. The number of aldehydes is 1. The molecule has 176 valence electrons. The van der Waals surface area contributed by atoms with E-state index in [1.807, 2.05) is 12.1 Å². The van der Waals surface area contributed by atoms with Crippen LogP contribution in [0, 0.1) is 0 Å². The van der Waals surface area contributed by atoms with Crippen LogP contribution >= 0.6 is 15.9 Å². The highest BCUT2D eigenvalue weighted by Crippen LogP contribution is 2.55. The predicted octanol–water partition coefficient (Wildman–Crippen LogP) is 8.61. The van der Waals surface area contributed by atoms with E-state index < -0.39 is 0 Å². The molecule has 4 aromatic rings. The molecule has 0 fully saturated rings. The lowest BCUT2D eigenvalue weighted by molar-refractivity contribution is 0.112. The third-order valence-corrected chi connectivity index (χ3v) is 7.61. The molecular formula is C32H29BrO2. The molecule has 0 heterocycles. The molecule has 3 heteroatoms. The van der Waals surface area contributed by atoms with E-state index in [4.69, 9.17) is 4.74 Å². The number of carbonyl (C=O) groups is 1. The van der Waals surface area contributed by atoms with Crippen molar-refractivity contribution >= 4 is 22.2 Å². The molecule has 1 aliphatic rings. The van der Waals surface area contributed by atoms with Gasteiger partial charge in [0, 0.05) is 15.5 Å². The van der Waals surface area contributed by atoms with Gasteiger partial charge in [0.15, 0.2) is 0 Å². The molecule has 0 spiro atoms. The second-order valence-electron chi connectivity index (χ2n) is 9.21. The standard InChI is InChI=1S/C32H29BrO2/c33-26-16-19-29-28-12-6-7-13-30(28)32(31(29)22-26,25-10-4-3-5-11-25)20-8-1-2-9-21-35-27-17-14-24(23-34)15-18-27/h3-7,10-19,22-23H,1-2,8-9,20-21H2. The number of rotatable bonds is 10. The number of benzene rings is 4. The van der Waals surface area contributed by atoms with Gasteiger partial charge in [0.05, 0.1) is 6.61 Å². The van der Waals surface area contributed by atoms with E-state index in [1.54, 1.807) is 12.1 Å². The maximum atomic E-state index is 10.8. The van der Waals surface area contributed by atoms with Gasteiger partial charge in [-0.1, -0.05) is 95.9 Å². The van der Waals surface area contributed by atoms with Crippen LogP contribution in [0.4, 0.5) is 0 Å². The molecular weight excluding hydrogens is 496 g/mol. The Kier molecular flexibility index (Phi) is 7.15. The fourth-order valence-corrected chi connectivity index (χ4v) is 5.83. The second-order valence-corrected chi connectivity index (χ2v) is 10.1. The van der Waals surface area contributed by atoms with Crippen LogP contribution in [0.5, 0.6) is 5.75 Å². The van der Waals surface area contributed by atoms with Crippen LogP contribution < -0.4 is 4.74 Å². The van der Waals surface area contributed by atoms with Gasteiger partial charge < -0.3 is 4.74 Å². The van der Waals surface area contributed by atoms with Crippen LogP contribution in [0.15, 0.2) is 102 Å². The average molecular weight is 525 g/mol. The van der Waals surface area contributed by atoms with E-state index in [2.05, 4.69) is 88.7 Å². The maximum absolute atomic E-state index is 10.8. The molecule has 1 unspecified atom stereocenters. The fraction of sp³-hybridized carbons (Fsp3) is 0.219. The summed E-state index contributed by atoms with van der Waals surface area (Å²) in [5.74, 6) is 0.823. The van der Waals surface area contributed by atoms with Crippen LogP contribution in [0.1, 0.15) is 59.2 Å². The highest BCUT2D eigenvalue weighted by Gasteiger charge is 2.43. The number of hydrogen-bond acceptors (Lipinski definition) is 2. The van der Waals surface area contributed by atoms with E-state index in [-0.39, 0.29) is 5.41 Å². The van der Waals surface area contributed by atoms with Gasteiger partial charge in [-0.3, -0.25) is 4.79 Å². The summed E-state index contributed by atoms with van der Waals surface area (Å²) in [5.41, 5.74) is 7.43. The minimum absolute atomic E-state index is 0.131. The molecule has 35 heavy (non-hydrogen) atoms. The molecule has 0 saturated carbocycles. The predicted molar refractivity (Wildman–Crippen MR) is 146 cm³/mol. The van der Waals surface area contributed by atoms with E-state index in [0.29, 0.717) is 12.2 Å². The second kappa shape index (κ2) is 10.6. The van der Waals surface area contributed by atoms with Crippen LogP contribution in [-0.4, -0.2) is 12.9 Å². The summed E-state index contributed by atoms with van der Waals surface area (Å²) in [5, 5.41) is 0. The van der Waals surface area contributed by atoms with Gasteiger partial charge in [0.25, 0.3) is 0 Å². The van der Waals surface area contributed by atoms with E-state index in [1.165, 1.54) is 27.8 Å².